The van der Waals surface area contributed by atoms with Crippen LogP contribution < -0.4 is 4.90 Å². The Morgan fingerprint density at radius 1 is 1.10 bits per heavy atom. The SMILES string of the molecule is O=C(/C=C/c1cc(Cl)ccc1Cl)N1CCCC(CN2CCN(c3ccccn3)CC2)C1. The molecule has 0 radical (unpaired) electrons. The van der Waals surface area contributed by atoms with Crippen LogP contribution in [0.2, 0.25) is 10.0 Å². The van der Waals surface area contributed by atoms with Crippen molar-refractivity contribution in [1.29, 1.82) is 0 Å². The Labute approximate surface area is 194 Å². The van der Waals surface area contributed by atoms with E-state index in [1.807, 2.05) is 23.2 Å². The first-order valence-electron chi connectivity index (χ1n) is 10.9. The van der Waals surface area contributed by atoms with Crippen LogP contribution >= 0.6 is 23.2 Å². The van der Waals surface area contributed by atoms with Gasteiger partial charge < -0.3 is 9.80 Å². The number of carbonyl (C=O) groups is 1. The minimum Gasteiger partial charge on any atom is -0.354 e. The van der Waals surface area contributed by atoms with Gasteiger partial charge in [0.05, 0.1) is 0 Å². The lowest BCUT2D eigenvalue weighted by Crippen LogP contribution is -2.50. The first-order valence-corrected chi connectivity index (χ1v) is 11.6. The molecule has 5 nitrogen and oxygen atoms in total. The molecule has 1 aromatic carbocycles. The van der Waals surface area contributed by atoms with Gasteiger partial charge in [-0.3, -0.25) is 9.69 Å². The molecule has 164 valence electrons. The van der Waals surface area contributed by atoms with Crippen LogP contribution in [0, 0.1) is 5.92 Å². The summed E-state index contributed by atoms with van der Waals surface area (Å²) < 4.78 is 0. The van der Waals surface area contributed by atoms with Gasteiger partial charge in [-0.1, -0.05) is 29.3 Å². The van der Waals surface area contributed by atoms with E-state index in [4.69, 9.17) is 23.2 Å². The van der Waals surface area contributed by atoms with Crippen LogP contribution in [0.4, 0.5) is 5.82 Å². The van der Waals surface area contributed by atoms with Gasteiger partial charge in [-0.15, -0.1) is 0 Å². The van der Waals surface area contributed by atoms with Gasteiger partial charge in [0.15, 0.2) is 0 Å². The maximum Gasteiger partial charge on any atom is 0.246 e. The predicted octanol–water partition coefficient (Wildman–Crippen LogP) is 4.46. The van der Waals surface area contributed by atoms with E-state index in [0.29, 0.717) is 16.0 Å². The lowest BCUT2D eigenvalue weighted by Gasteiger charge is -2.39. The van der Waals surface area contributed by atoms with Crippen molar-refractivity contribution < 1.29 is 4.79 Å². The molecule has 0 spiro atoms. The number of hydrogen-bond acceptors (Lipinski definition) is 4. The third-order valence-electron chi connectivity index (χ3n) is 6.06. The number of anilines is 1. The summed E-state index contributed by atoms with van der Waals surface area (Å²) in [6, 6.07) is 11.3. The Hall–Kier alpha value is -2.08. The first kappa shape index (κ1) is 22.1. The maximum atomic E-state index is 12.7. The standard InChI is InChI=1S/C24H28Cl2N4O/c25-21-7-8-22(26)20(16-21)6-9-24(31)30-11-3-4-19(18-30)17-28-12-14-29(15-13-28)23-5-1-2-10-27-23/h1-2,5-10,16,19H,3-4,11-15,17-18H2/b9-6+. The molecule has 2 aliphatic heterocycles. The Morgan fingerprint density at radius 3 is 2.71 bits per heavy atom. The smallest absolute Gasteiger partial charge is 0.246 e. The van der Waals surface area contributed by atoms with Crippen LogP contribution in [-0.2, 0) is 4.79 Å². The van der Waals surface area contributed by atoms with Crippen LogP contribution in [0.25, 0.3) is 6.08 Å². The highest BCUT2D eigenvalue weighted by atomic mass is 35.5. The van der Waals surface area contributed by atoms with E-state index in [1.54, 1.807) is 30.4 Å². The summed E-state index contributed by atoms with van der Waals surface area (Å²) in [5.74, 6) is 1.62. The van der Waals surface area contributed by atoms with Crippen molar-refractivity contribution in [3.8, 4) is 0 Å². The summed E-state index contributed by atoms with van der Waals surface area (Å²) >= 11 is 12.2. The number of pyridine rings is 1. The van der Waals surface area contributed by atoms with Gasteiger partial charge in [0.1, 0.15) is 5.82 Å². The zero-order valence-corrected chi connectivity index (χ0v) is 19.1. The lowest BCUT2D eigenvalue weighted by molar-refractivity contribution is -0.127. The van der Waals surface area contributed by atoms with Gasteiger partial charge in [0, 0.05) is 68.1 Å². The van der Waals surface area contributed by atoms with Gasteiger partial charge in [-0.25, -0.2) is 4.98 Å². The number of benzene rings is 1. The van der Waals surface area contributed by atoms with Gasteiger partial charge in [-0.05, 0) is 60.7 Å². The molecule has 2 saturated heterocycles. The van der Waals surface area contributed by atoms with E-state index in [-0.39, 0.29) is 5.91 Å². The van der Waals surface area contributed by atoms with Crippen LogP contribution in [0.5, 0.6) is 0 Å². The predicted molar refractivity (Wildman–Crippen MR) is 128 cm³/mol. The number of piperazine rings is 1. The van der Waals surface area contributed by atoms with E-state index >= 15 is 0 Å². The molecule has 0 bridgehead atoms. The normalized spacial score (nSPS) is 20.4. The van der Waals surface area contributed by atoms with Crippen molar-refractivity contribution >= 4 is 41.0 Å². The van der Waals surface area contributed by atoms with Crippen molar-refractivity contribution in [2.75, 3.05) is 50.7 Å². The molecule has 1 amide bonds. The molecule has 2 aromatic rings. The van der Waals surface area contributed by atoms with Gasteiger partial charge in [0.25, 0.3) is 0 Å². The zero-order chi connectivity index (χ0) is 21.6. The molecule has 4 rings (SSSR count). The Kier molecular flexibility index (Phi) is 7.49. The fraction of sp³-hybridized carbons (Fsp3) is 0.417. The number of piperidine rings is 1. The molecule has 0 aliphatic carbocycles. The summed E-state index contributed by atoms with van der Waals surface area (Å²) in [4.78, 5) is 24.0. The highest BCUT2D eigenvalue weighted by Gasteiger charge is 2.26. The van der Waals surface area contributed by atoms with Crippen molar-refractivity contribution in [2.45, 2.75) is 12.8 Å². The van der Waals surface area contributed by atoms with E-state index in [1.165, 1.54) is 6.42 Å². The number of halogens is 2. The third-order valence-corrected chi connectivity index (χ3v) is 6.64. The molecule has 7 heteroatoms. The van der Waals surface area contributed by atoms with E-state index in [2.05, 4.69) is 20.9 Å². The largest absolute Gasteiger partial charge is 0.354 e. The molecule has 1 aromatic heterocycles. The number of carbonyl (C=O) groups excluding carboxylic acids is 1. The van der Waals surface area contributed by atoms with Gasteiger partial charge in [0.2, 0.25) is 5.91 Å². The molecular weight excluding hydrogens is 431 g/mol. The van der Waals surface area contributed by atoms with E-state index < -0.39 is 0 Å². The second-order valence-corrected chi connectivity index (χ2v) is 9.11. The Balaban J connectivity index is 1.27. The summed E-state index contributed by atoms with van der Waals surface area (Å²) in [5, 5.41) is 1.20. The molecule has 3 heterocycles. The Morgan fingerprint density at radius 2 is 1.94 bits per heavy atom. The fourth-order valence-corrected chi connectivity index (χ4v) is 4.75. The molecular formula is C24H28Cl2N4O. The van der Waals surface area contributed by atoms with Crippen LogP contribution in [0.15, 0.2) is 48.7 Å². The van der Waals surface area contributed by atoms with E-state index in [9.17, 15) is 4.79 Å². The summed E-state index contributed by atoms with van der Waals surface area (Å²) in [6.45, 7) is 6.74. The average Bonchev–Trinajstić information content (AvgIpc) is 2.81. The molecule has 0 N–H and O–H groups in total. The Bertz CT molecular complexity index is 913. The van der Waals surface area contributed by atoms with Crippen LogP contribution in [0.3, 0.4) is 0 Å². The number of amides is 1. The first-order chi connectivity index (χ1) is 15.1. The monoisotopic (exact) mass is 458 g/mol. The molecule has 2 fully saturated rings. The second kappa shape index (κ2) is 10.5. The minimum absolute atomic E-state index is 0.0423. The number of likely N-dealkylation sites (tertiary alicyclic amines) is 1. The van der Waals surface area contributed by atoms with Crippen molar-refractivity contribution in [2.24, 2.45) is 5.92 Å². The quantitative estimate of drug-likeness (QED) is 0.619. The summed E-state index contributed by atoms with van der Waals surface area (Å²) in [5.41, 5.74) is 0.766. The van der Waals surface area contributed by atoms with Gasteiger partial charge >= 0.3 is 0 Å². The van der Waals surface area contributed by atoms with Crippen LogP contribution in [0.1, 0.15) is 18.4 Å². The number of aromatic nitrogens is 1. The molecule has 0 saturated carbocycles. The fourth-order valence-electron chi connectivity index (χ4n) is 4.39. The molecule has 2 aliphatic rings. The van der Waals surface area contributed by atoms with Crippen molar-refractivity contribution in [3.63, 3.8) is 0 Å². The van der Waals surface area contributed by atoms with Crippen LogP contribution in [-0.4, -0.2) is 66.5 Å². The summed E-state index contributed by atoms with van der Waals surface area (Å²) in [6.07, 6.45) is 7.46. The van der Waals surface area contributed by atoms with Crippen molar-refractivity contribution in [3.05, 3.63) is 64.3 Å². The topological polar surface area (TPSA) is 39.7 Å². The number of hydrogen-bond donors (Lipinski definition) is 0. The molecule has 1 atom stereocenters. The second-order valence-electron chi connectivity index (χ2n) is 8.27. The number of nitrogens with zero attached hydrogens (tertiary/aromatic N) is 4. The lowest BCUT2D eigenvalue weighted by atomic mass is 9.97. The van der Waals surface area contributed by atoms with E-state index in [0.717, 1.165) is 63.6 Å². The molecule has 31 heavy (non-hydrogen) atoms. The summed E-state index contributed by atoms with van der Waals surface area (Å²) in [7, 11) is 0. The highest BCUT2D eigenvalue weighted by Crippen LogP contribution is 2.23. The highest BCUT2D eigenvalue weighted by molar-refractivity contribution is 6.34. The van der Waals surface area contributed by atoms with Crippen molar-refractivity contribution in [1.82, 2.24) is 14.8 Å². The minimum atomic E-state index is 0.0423. The average molecular weight is 459 g/mol. The zero-order valence-electron chi connectivity index (χ0n) is 17.6. The van der Waals surface area contributed by atoms with Gasteiger partial charge in [-0.2, -0.15) is 0 Å². The maximum absolute atomic E-state index is 12.7. The third kappa shape index (κ3) is 6.00. The number of rotatable bonds is 5. The molecule has 1 unspecified atom stereocenters.